The molecule has 2 nitrogen and oxygen atoms in total. The van der Waals surface area contributed by atoms with Gasteiger partial charge in [0.15, 0.2) is 0 Å². The van der Waals surface area contributed by atoms with Gasteiger partial charge in [0.05, 0.1) is 5.02 Å². The van der Waals surface area contributed by atoms with E-state index >= 15 is 0 Å². The molecule has 96 valence electrons. The van der Waals surface area contributed by atoms with Crippen molar-refractivity contribution < 1.29 is 4.39 Å². The lowest BCUT2D eigenvalue weighted by Gasteiger charge is -2.03. The molecule has 0 atom stereocenters. The minimum atomic E-state index is -0.400. The highest BCUT2D eigenvalue weighted by atomic mass is 35.5. The molecule has 0 unspecified atom stereocenters. The van der Waals surface area contributed by atoms with Gasteiger partial charge in [0.1, 0.15) is 11.6 Å². The third-order valence-electron chi connectivity index (χ3n) is 2.24. The average Bonchev–Trinajstić information content (AvgIpc) is 2.39. The molecule has 2 rings (SSSR count). The van der Waals surface area contributed by atoms with E-state index < -0.39 is 5.82 Å². The number of hydrogen-bond donors (Lipinski definition) is 1. The summed E-state index contributed by atoms with van der Waals surface area (Å²) in [5, 5.41) is 0.138. The average molecular weight is 267 g/mol. The zero-order valence-electron chi connectivity index (χ0n) is 10.5. The highest BCUT2D eigenvalue weighted by Crippen LogP contribution is 2.17. The molecule has 0 amide bonds. The number of aromatic nitrogens is 1. The van der Waals surface area contributed by atoms with Crippen molar-refractivity contribution in [2.45, 2.75) is 20.3 Å². The summed E-state index contributed by atoms with van der Waals surface area (Å²) in [6.07, 6.45) is 2.29. The minimum absolute atomic E-state index is 0.138. The quantitative estimate of drug-likeness (QED) is 0.890. The normalized spacial score (nSPS) is 9.56. The van der Waals surface area contributed by atoms with Crippen LogP contribution in [0.25, 0.3) is 0 Å². The van der Waals surface area contributed by atoms with Crippen LogP contribution in [0.15, 0.2) is 36.5 Å². The highest BCUT2D eigenvalue weighted by molar-refractivity contribution is 6.30. The molecular weight excluding hydrogens is 251 g/mol. The van der Waals surface area contributed by atoms with Crippen LogP contribution in [0.1, 0.15) is 25.0 Å². The number of hydrogen-bond acceptors (Lipinski definition) is 2. The second-order valence-corrected chi connectivity index (χ2v) is 3.92. The van der Waals surface area contributed by atoms with E-state index in [9.17, 15) is 4.39 Å². The molecule has 0 spiro atoms. The van der Waals surface area contributed by atoms with Crippen LogP contribution in [-0.2, 0) is 6.42 Å². The van der Waals surface area contributed by atoms with Gasteiger partial charge in [-0.1, -0.05) is 37.6 Å². The molecule has 4 heteroatoms. The van der Waals surface area contributed by atoms with Crippen LogP contribution < -0.4 is 5.73 Å². The van der Waals surface area contributed by atoms with Gasteiger partial charge in [-0.2, -0.15) is 0 Å². The zero-order chi connectivity index (χ0) is 13.5. The van der Waals surface area contributed by atoms with Crippen molar-refractivity contribution in [3.05, 3.63) is 58.5 Å². The highest BCUT2D eigenvalue weighted by Gasteiger charge is 2.02. The number of nitrogens with two attached hydrogens (primary N) is 1. The van der Waals surface area contributed by atoms with Crippen molar-refractivity contribution in [2.75, 3.05) is 5.73 Å². The Kier molecular flexibility index (Phi) is 5.59. The van der Waals surface area contributed by atoms with Crippen LogP contribution in [0, 0.1) is 5.82 Å². The molecule has 2 aromatic rings. The fourth-order valence-electron chi connectivity index (χ4n) is 1.43. The van der Waals surface area contributed by atoms with E-state index in [1.807, 2.05) is 19.9 Å². The molecule has 0 fully saturated rings. The summed E-state index contributed by atoms with van der Waals surface area (Å²) >= 11 is 5.60. The lowest BCUT2D eigenvalue weighted by atomic mass is 10.1. The molecule has 0 aliphatic rings. The lowest BCUT2D eigenvalue weighted by Crippen LogP contribution is -1.93. The summed E-state index contributed by atoms with van der Waals surface area (Å²) in [5.74, 6) is 0.0774. The van der Waals surface area contributed by atoms with Gasteiger partial charge in [-0.15, -0.1) is 0 Å². The second-order valence-electron chi connectivity index (χ2n) is 3.52. The summed E-state index contributed by atoms with van der Waals surface area (Å²) in [6, 6.07) is 8.37. The minimum Gasteiger partial charge on any atom is -0.384 e. The summed E-state index contributed by atoms with van der Waals surface area (Å²) < 4.78 is 13.2. The van der Waals surface area contributed by atoms with Gasteiger partial charge in [0.25, 0.3) is 0 Å². The first-order chi connectivity index (χ1) is 8.65. The van der Waals surface area contributed by atoms with Gasteiger partial charge in [-0.25, -0.2) is 9.37 Å². The van der Waals surface area contributed by atoms with Crippen LogP contribution in [0.3, 0.4) is 0 Å². The topological polar surface area (TPSA) is 38.9 Å². The van der Waals surface area contributed by atoms with Crippen molar-refractivity contribution >= 4 is 17.4 Å². The van der Waals surface area contributed by atoms with E-state index in [-0.39, 0.29) is 5.02 Å². The van der Waals surface area contributed by atoms with Crippen LogP contribution >= 0.6 is 11.6 Å². The Morgan fingerprint density at radius 3 is 2.39 bits per heavy atom. The standard InChI is InChI=1S/C12H10ClFN2.C2H6/c13-10-3-1-8(6-11(10)14)5-9-2-4-12(15)16-7-9;1-2/h1-4,6-7H,5H2,(H2,15,16);1-2H3. The summed E-state index contributed by atoms with van der Waals surface area (Å²) in [5.41, 5.74) is 7.31. The van der Waals surface area contributed by atoms with Crippen LogP contribution in [0.5, 0.6) is 0 Å². The number of nitrogens with zero attached hydrogens (tertiary/aromatic N) is 1. The molecule has 1 aromatic heterocycles. The van der Waals surface area contributed by atoms with Crippen molar-refractivity contribution in [3.8, 4) is 0 Å². The van der Waals surface area contributed by atoms with Gasteiger partial charge < -0.3 is 5.73 Å². The van der Waals surface area contributed by atoms with Gasteiger partial charge in [0, 0.05) is 6.20 Å². The van der Waals surface area contributed by atoms with E-state index in [1.165, 1.54) is 6.07 Å². The second kappa shape index (κ2) is 6.97. The smallest absolute Gasteiger partial charge is 0.142 e. The summed E-state index contributed by atoms with van der Waals surface area (Å²) in [4.78, 5) is 3.97. The predicted molar refractivity (Wildman–Crippen MR) is 74.2 cm³/mol. The van der Waals surface area contributed by atoms with Crippen molar-refractivity contribution in [1.82, 2.24) is 4.98 Å². The maximum Gasteiger partial charge on any atom is 0.142 e. The number of pyridine rings is 1. The number of anilines is 1. The van der Waals surface area contributed by atoms with Gasteiger partial charge in [-0.3, -0.25) is 0 Å². The Morgan fingerprint density at radius 1 is 1.17 bits per heavy atom. The monoisotopic (exact) mass is 266 g/mol. The number of benzene rings is 1. The van der Waals surface area contributed by atoms with Crippen LogP contribution in [0.2, 0.25) is 5.02 Å². The molecule has 18 heavy (non-hydrogen) atoms. The number of halogens is 2. The first kappa shape index (κ1) is 14.5. The fourth-order valence-corrected chi connectivity index (χ4v) is 1.54. The first-order valence-corrected chi connectivity index (χ1v) is 6.17. The Labute approximate surface area is 112 Å². The Balaban J connectivity index is 0.000000771. The van der Waals surface area contributed by atoms with E-state index in [4.69, 9.17) is 17.3 Å². The Bertz CT molecular complexity index is 498. The van der Waals surface area contributed by atoms with Crippen LogP contribution in [-0.4, -0.2) is 4.98 Å². The van der Waals surface area contributed by atoms with Crippen molar-refractivity contribution in [3.63, 3.8) is 0 Å². The molecule has 1 heterocycles. The molecule has 0 radical (unpaired) electrons. The van der Waals surface area contributed by atoms with Gasteiger partial charge >= 0.3 is 0 Å². The molecule has 1 aromatic carbocycles. The lowest BCUT2D eigenvalue weighted by molar-refractivity contribution is 0.626. The maximum absolute atomic E-state index is 13.2. The molecule has 2 N–H and O–H groups in total. The summed E-state index contributed by atoms with van der Waals surface area (Å²) in [7, 11) is 0. The SMILES string of the molecule is CC.Nc1ccc(Cc2ccc(Cl)c(F)c2)cn1. The van der Waals surface area contributed by atoms with E-state index in [0.29, 0.717) is 12.2 Å². The van der Waals surface area contributed by atoms with Gasteiger partial charge in [-0.05, 0) is 35.7 Å². The van der Waals surface area contributed by atoms with Crippen molar-refractivity contribution in [1.29, 1.82) is 0 Å². The predicted octanol–water partition coefficient (Wildman–Crippen LogP) is 4.07. The fraction of sp³-hybridized carbons (Fsp3) is 0.214. The van der Waals surface area contributed by atoms with Gasteiger partial charge in [0.2, 0.25) is 0 Å². The van der Waals surface area contributed by atoms with Crippen LogP contribution in [0.4, 0.5) is 10.2 Å². The largest absolute Gasteiger partial charge is 0.384 e. The number of rotatable bonds is 2. The van der Waals surface area contributed by atoms with E-state index in [1.54, 1.807) is 24.4 Å². The molecule has 0 saturated carbocycles. The Morgan fingerprint density at radius 2 is 1.83 bits per heavy atom. The first-order valence-electron chi connectivity index (χ1n) is 5.79. The maximum atomic E-state index is 13.2. The van der Waals surface area contributed by atoms with E-state index in [0.717, 1.165) is 11.1 Å². The third kappa shape index (κ3) is 4.00. The molecule has 0 saturated heterocycles. The molecule has 0 aliphatic carbocycles. The van der Waals surface area contributed by atoms with E-state index in [2.05, 4.69) is 4.98 Å². The third-order valence-corrected chi connectivity index (χ3v) is 2.55. The summed E-state index contributed by atoms with van der Waals surface area (Å²) in [6.45, 7) is 4.00. The zero-order valence-corrected chi connectivity index (χ0v) is 11.2. The number of nitrogen functional groups attached to an aromatic ring is 1. The van der Waals surface area contributed by atoms with Crippen molar-refractivity contribution in [2.24, 2.45) is 0 Å². The molecule has 0 aliphatic heterocycles. The molecular formula is C14H16ClFN2. The molecule has 0 bridgehead atoms. The Hall–Kier alpha value is -1.61.